The molecule has 5 heteroatoms. The number of aromatic nitrogens is 1. The number of terminal acetylenes is 1. The minimum atomic E-state index is 0.0998. The van der Waals surface area contributed by atoms with E-state index in [1.165, 1.54) is 17.0 Å². The lowest BCUT2D eigenvalue weighted by atomic mass is 9.96. The van der Waals surface area contributed by atoms with Gasteiger partial charge in [0.1, 0.15) is 0 Å². The Morgan fingerprint density at radius 1 is 1.45 bits per heavy atom. The standard InChI is InChI=1S/C15H19N3OS/c1-2-8-18-9-6-11(7-10-18)14(19)17-15-16-12-4-3-5-13(12)20-15/h1,11H,3-10H2,(H,16,17,19). The van der Waals surface area contributed by atoms with Crippen molar-refractivity contribution in [3.05, 3.63) is 10.6 Å². The van der Waals surface area contributed by atoms with Crippen molar-refractivity contribution >= 4 is 22.4 Å². The predicted octanol–water partition coefficient (Wildman–Crippen LogP) is 1.92. The number of likely N-dealkylation sites (tertiary alicyclic amines) is 1. The van der Waals surface area contributed by atoms with E-state index >= 15 is 0 Å². The molecule has 2 heterocycles. The van der Waals surface area contributed by atoms with Crippen LogP contribution in [0.25, 0.3) is 0 Å². The van der Waals surface area contributed by atoms with Gasteiger partial charge in [0, 0.05) is 10.8 Å². The second-order valence-corrected chi connectivity index (χ2v) is 6.57. The molecule has 0 aromatic carbocycles. The van der Waals surface area contributed by atoms with Gasteiger partial charge in [-0.3, -0.25) is 9.69 Å². The van der Waals surface area contributed by atoms with E-state index in [0.717, 1.165) is 43.9 Å². The molecule has 0 atom stereocenters. The maximum atomic E-state index is 12.3. The molecule has 1 N–H and O–H groups in total. The average molecular weight is 289 g/mol. The summed E-state index contributed by atoms with van der Waals surface area (Å²) in [5.74, 6) is 2.88. The first-order valence-electron chi connectivity index (χ1n) is 7.21. The highest BCUT2D eigenvalue weighted by atomic mass is 32.1. The van der Waals surface area contributed by atoms with Gasteiger partial charge in [0.25, 0.3) is 0 Å². The predicted molar refractivity (Wildman–Crippen MR) is 80.8 cm³/mol. The Labute approximate surface area is 123 Å². The molecule has 2 aliphatic rings. The molecular formula is C15H19N3OS. The summed E-state index contributed by atoms with van der Waals surface area (Å²) in [6, 6.07) is 0. The lowest BCUT2D eigenvalue weighted by molar-refractivity contribution is -0.121. The number of carbonyl (C=O) groups excluding carboxylic acids is 1. The highest BCUT2D eigenvalue weighted by Gasteiger charge is 2.26. The van der Waals surface area contributed by atoms with Gasteiger partial charge in [0.15, 0.2) is 5.13 Å². The summed E-state index contributed by atoms with van der Waals surface area (Å²) in [5.41, 5.74) is 1.19. The fraction of sp³-hybridized carbons (Fsp3) is 0.600. The zero-order chi connectivity index (χ0) is 13.9. The number of hydrogen-bond donors (Lipinski definition) is 1. The van der Waals surface area contributed by atoms with Crippen LogP contribution in [-0.4, -0.2) is 35.4 Å². The molecule has 3 rings (SSSR count). The van der Waals surface area contributed by atoms with E-state index in [2.05, 4.69) is 21.1 Å². The van der Waals surface area contributed by atoms with Gasteiger partial charge in [0.2, 0.25) is 5.91 Å². The number of fused-ring (bicyclic) bond motifs is 1. The summed E-state index contributed by atoms with van der Waals surface area (Å²) in [4.78, 5) is 20.4. The van der Waals surface area contributed by atoms with Gasteiger partial charge in [-0.15, -0.1) is 17.8 Å². The zero-order valence-corrected chi connectivity index (χ0v) is 12.3. The summed E-state index contributed by atoms with van der Waals surface area (Å²) >= 11 is 1.64. The third-order valence-corrected chi connectivity index (χ3v) is 5.17. The van der Waals surface area contributed by atoms with Gasteiger partial charge in [-0.25, -0.2) is 4.98 Å². The van der Waals surface area contributed by atoms with Gasteiger partial charge in [-0.1, -0.05) is 5.92 Å². The van der Waals surface area contributed by atoms with Gasteiger partial charge in [0.05, 0.1) is 12.2 Å². The minimum absolute atomic E-state index is 0.0998. The van der Waals surface area contributed by atoms with Crippen LogP contribution in [0.4, 0.5) is 5.13 Å². The molecule has 0 radical (unpaired) electrons. The summed E-state index contributed by atoms with van der Waals surface area (Å²) < 4.78 is 0. The molecule has 1 saturated heterocycles. The van der Waals surface area contributed by atoms with Crippen molar-refractivity contribution in [1.29, 1.82) is 0 Å². The Balaban J connectivity index is 1.53. The minimum Gasteiger partial charge on any atom is -0.302 e. The first-order chi connectivity index (χ1) is 9.76. The number of hydrogen-bond acceptors (Lipinski definition) is 4. The first-order valence-corrected chi connectivity index (χ1v) is 8.03. The van der Waals surface area contributed by atoms with E-state index in [9.17, 15) is 4.79 Å². The number of piperidine rings is 1. The van der Waals surface area contributed by atoms with Gasteiger partial charge in [-0.2, -0.15) is 0 Å². The number of aryl methyl sites for hydroxylation is 2. The monoisotopic (exact) mass is 289 g/mol. The van der Waals surface area contributed by atoms with Crippen LogP contribution in [0.2, 0.25) is 0 Å². The quantitative estimate of drug-likeness (QED) is 0.865. The number of nitrogens with one attached hydrogen (secondary N) is 1. The Kier molecular flexibility index (Phi) is 4.04. The van der Waals surface area contributed by atoms with Crippen LogP contribution < -0.4 is 5.32 Å². The van der Waals surface area contributed by atoms with Crippen LogP contribution in [0, 0.1) is 18.3 Å². The van der Waals surface area contributed by atoms with Crippen molar-refractivity contribution in [1.82, 2.24) is 9.88 Å². The molecule has 4 nitrogen and oxygen atoms in total. The van der Waals surface area contributed by atoms with Crippen LogP contribution in [-0.2, 0) is 17.6 Å². The Morgan fingerprint density at radius 3 is 2.95 bits per heavy atom. The van der Waals surface area contributed by atoms with E-state index in [1.54, 1.807) is 11.3 Å². The second-order valence-electron chi connectivity index (χ2n) is 5.49. The van der Waals surface area contributed by atoms with Crippen molar-refractivity contribution < 1.29 is 4.79 Å². The third kappa shape index (κ3) is 2.87. The third-order valence-electron chi connectivity index (χ3n) is 4.10. The van der Waals surface area contributed by atoms with Crippen LogP contribution in [0.5, 0.6) is 0 Å². The molecule has 1 aliphatic heterocycles. The summed E-state index contributed by atoms with van der Waals surface area (Å²) in [6.07, 6.45) is 10.5. The fourth-order valence-corrected chi connectivity index (χ4v) is 3.99. The smallest absolute Gasteiger partial charge is 0.229 e. The molecule has 1 amide bonds. The highest BCUT2D eigenvalue weighted by Crippen LogP contribution is 2.31. The van der Waals surface area contributed by atoms with Crippen LogP contribution >= 0.6 is 11.3 Å². The van der Waals surface area contributed by atoms with Crippen LogP contribution in [0.1, 0.15) is 29.8 Å². The number of carbonyl (C=O) groups is 1. The first kappa shape index (κ1) is 13.6. The van der Waals surface area contributed by atoms with Crippen molar-refractivity contribution in [2.75, 3.05) is 25.0 Å². The molecule has 106 valence electrons. The maximum Gasteiger partial charge on any atom is 0.229 e. The summed E-state index contributed by atoms with van der Waals surface area (Å²) in [6.45, 7) is 2.51. The SMILES string of the molecule is C#CCN1CCC(C(=O)Nc2nc3c(s2)CCC3)CC1. The van der Waals surface area contributed by atoms with Crippen molar-refractivity contribution in [2.24, 2.45) is 5.92 Å². The lowest BCUT2D eigenvalue weighted by Gasteiger charge is -2.29. The van der Waals surface area contributed by atoms with Crippen molar-refractivity contribution in [3.63, 3.8) is 0 Å². The van der Waals surface area contributed by atoms with E-state index in [4.69, 9.17) is 6.42 Å². The molecular weight excluding hydrogens is 270 g/mol. The second kappa shape index (κ2) is 5.94. The molecule has 1 aromatic rings. The number of anilines is 1. The van der Waals surface area contributed by atoms with Crippen molar-refractivity contribution in [3.8, 4) is 12.3 Å². The molecule has 0 saturated carbocycles. The highest BCUT2D eigenvalue weighted by molar-refractivity contribution is 7.15. The topological polar surface area (TPSA) is 45.2 Å². The largest absolute Gasteiger partial charge is 0.302 e. The van der Waals surface area contributed by atoms with Gasteiger partial charge >= 0.3 is 0 Å². The maximum absolute atomic E-state index is 12.3. The summed E-state index contributed by atoms with van der Waals surface area (Å²) in [7, 11) is 0. The molecule has 0 spiro atoms. The number of rotatable bonds is 3. The summed E-state index contributed by atoms with van der Waals surface area (Å²) in [5, 5.41) is 3.78. The Morgan fingerprint density at radius 2 is 2.25 bits per heavy atom. The molecule has 0 bridgehead atoms. The number of nitrogens with zero attached hydrogens (tertiary/aromatic N) is 2. The van der Waals surface area contributed by atoms with Crippen LogP contribution in [0.15, 0.2) is 0 Å². The van der Waals surface area contributed by atoms with E-state index in [-0.39, 0.29) is 11.8 Å². The van der Waals surface area contributed by atoms with Gasteiger partial charge in [-0.05, 0) is 45.2 Å². The molecule has 1 aliphatic carbocycles. The average Bonchev–Trinajstić information content (AvgIpc) is 3.01. The fourth-order valence-electron chi connectivity index (χ4n) is 2.93. The van der Waals surface area contributed by atoms with Crippen molar-refractivity contribution in [2.45, 2.75) is 32.1 Å². The number of thiazole rings is 1. The Hall–Kier alpha value is -1.38. The van der Waals surface area contributed by atoms with E-state index in [1.807, 2.05) is 0 Å². The Bertz CT molecular complexity index is 516. The molecule has 0 unspecified atom stereocenters. The molecule has 1 aromatic heterocycles. The molecule has 1 fully saturated rings. The van der Waals surface area contributed by atoms with E-state index < -0.39 is 0 Å². The van der Waals surface area contributed by atoms with E-state index in [0.29, 0.717) is 6.54 Å². The van der Waals surface area contributed by atoms with Crippen LogP contribution in [0.3, 0.4) is 0 Å². The number of amides is 1. The molecule has 20 heavy (non-hydrogen) atoms. The van der Waals surface area contributed by atoms with Gasteiger partial charge < -0.3 is 5.32 Å². The normalized spacial score (nSPS) is 19.6. The zero-order valence-electron chi connectivity index (χ0n) is 11.5. The lowest BCUT2D eigenvalue weighted by Crippen LogP contribution is -2.38.